The summed E-state index contributed by atoms with van der Waals surface area (Å²) in [6.07, 6.45) is 14.1. The van der Waals surface area contributed by atoms with Crippen LogP contribution in [0.3, 0.4) is 0 Å². The fourth-order valence-corrected chi connectivity index (χ4v) is 2.62. The smallest absolute Gasteiger partial charge is 0.320 e. The minimum absolute atomic E-state index is 0.0208. The first-order valence-electron chi connectivity index (χ1n) is 10.9. The highest BCUT2D eigenvalue weighted by atomic mass is 16.5. The molecule has 0 amide bonds. The Bertz CT molecular complexity index is 400. The second-order valence-electron chi connectivity index (χ2n) is 7.65. The molecule has 0 spiro atoms. The molecule has 29 heavy (non-hydrogen) atoms. The molecule has 0 radical (unpaired) electrons. The first kappa shape index (κ1) is 29.6. The number of nitrogens with two attached hydrogens (primary N) is 1. The average molecular weight is 418 g/mol. The summed E-state index contributed by atoms with van der Waals surface area (Å²) in [6, 6.07) is -0.713. The van der Waals surface area contributed by atoms with Crippen LogP contribution in [-0.2, 0) is 23.9 Å². The molecule has 0 aliphatic carbocycles. The summed E-state index contributed by atoms with van der Waals surface area (Å²) >= 11 is 0. The molecule has 0 aliphatic rings. The molecule has 0 rings (SSSR count). The van der Waals surface area contributed by atoms with E-state index >= 15 is 0 Å². The third-order valence-corrected chi connectivity index (χ3v) is 4.72. The van der Waals surface area contributed by atoms with Crippen LogP contribution < -0.4 is 5.73 Å². The van der Waals surface area contributed by atoms with Crippen LogP contribution in [0.2, 0.25) is 0 Å². The molecule has 7 heteroatoms. The van der Waals surface area contributed by atoms with E-state index in [-0.39, 0.29) is 17.9 Å². The van der Waals surface area contributed by atoms with Gasteiger partial charge >= 0.3 is 17.9 Å². The van der Waals surface area contributed by atoms with Crippen LogP contribution >= 0.6 is 0 Å². The van der Waals surface area contributed by atoms with E-state index in [9.17, 15) is 14.4 Å². The number of carboxylic acid groups (broad SMARTS) is 1. The Balaban J connectivity index is 0. The van der Waals surface area contributed by atoms with E-state index in [2.05, 4.69) is 9.47 Å². The molecule has 172 valence electrons. The highest BCUT2D eigenvalue weighted by Gasteiger charge is 2.14. The third kappa shape index (κ3) is 22.5. The van der Waals surface area contributed by atoms with E-state index in [0.717, 1.165) is 25.7 Å². The van der Waals surface area contributed by atoms with Gasteiger partial charge in [-0.2, -0.15) is 0 Å². The van der Waals surface area contributed by atoms with E-state index in [1.165, 1.54) is 59.2 Å². The van der Waals surface area contributed by atoms with E-state index in [0.29, 0.717) is 12.8 Å². The van der Waals surface area contributed by atoms with Crippen molar-refractivity contribution < 1.29 is 29.0 Å². The molecule has 0 aromatic rings. The fraction of sp³-hybridized carbons (Fsp3) is 0.864. The number of carboxylic acids is 1. The van der Waals surface area contributed by atoms with Crippen molar-refractivity contribution in [3.05, 3.63) is 0 Å². The number of hydrogen-bond donors (Lipinski definition) is 2. The van der Waals surface area contributed by atoms with Crippen LogP contribution in [0.5, 0.6) is 0 Å². The maximum atomic E-state index is 10.9. The Labute approximate surface area is 176 Å². The van der Waals surface area contributed by atoms with Gasteiger partial charge in [0.1, 0.15) is 6.04 Å². The van der Waals surface area contributed by atoms with Gasteiger partial charge in [0.05, 0.1) is 14.2 Å². The molecule has 0 saturated heterocycles. The lowest BCUT2D eigenvalue weighted by atomic mass is 10.0. The predicted molar refractivity (Wildman–Crippen MR) is 115 cm³/mol. The molecule has 0 heterocycles. The first-order chi connectivity index (χ1) is 13.8. The largest absolute Gasteiger partial charge is 0.480 e. The van der Waals surface area contributed by atoms with E-state index in [1.54, 1.807) is 13.8 Å². The maximum absolute atomic E-state index is 10.9. The molecule has 0 bridgehead atoms. The number of rotatable bonds is 16. The zero-order valence-electron chi connectivity index (χ0n) is 18.9. The molecule has 3 N–H and O–H groups in total. The van der Waals surface area contributed by atoms with Crippen LogP contribution in [0.4, 0.5) is 0 Å². The number of hydrogen-bond acceptors (Lipinski definition) is 6. The lowest BCUT2D eigenvalue weighted by Gasteiger charge is -2.07. The Morgan fingerprint density at radius 3 is 1.14 bits per heavy atom. The quantitative estimate of drug-likeness (QED) is 0.281. The minimum atomic E-state index is -0.931. The number of carbonyl (C=O) groups is 3. The van der Waals surface area contributed by atoms with Gasteiger partial charge in [-0.25, -0.2) is 0 Å². The van der Waals surface area contributed by atoms with Crippen molar-refractivity contribution in [2.24, 2.45) is 11.7 Å². The van der Waals surface area contributed by atoms with E-state index < -0.39 is 12.0 Å². The zero-order chi connectivity index (χ0) is 22.5. The Morgan fingerprint density at radius 1 is 0.690 bits per heavy atom. The van der Waals surface area contributed by atoms with Crippen molar-refractivity contribution in [2.75, 3.05) is 14.2 Å². The predicted octanol–water partition coefficient (Wildman–Crippen LogP) is 4.46. The second kappa shape index (κ2) is 21.1. The summed E-state index contributed by atoms with van der Waals surface area (Å²) < 4.78 is 9.21. The van der Waals surface area contributed by atoms with Gasteiger partial charge in [-0.3, -0.25) is 14.4 Å². The van der Waals surface area contributed by atoms with Gasteiger partial charge in [0.15, 0.2) is 0 Å². The van der Waals surface area contributed by atoms with Crippen LogP contribution in [0.25, 0.3) is 0 Å². The molecule has 0 fully saturated rings. The highest BCUT2D eigenvalue weighted by Crippen LogP contribution is 2.12. The van der Waals surface area contributed by atoms with Gasteiger partial charge in [0.2, 0.25) is 0 Å². The summed E-state index contributed by atoms with van der Waals surface area (Å²) in [7, 11) is 2.88. The van der Waals surface area contributed by atoms with Gasteiger partial charge in [-0.15, -0.1) is 0 Å². The van der Waals surface area contributed by atoms with Crippen molar-refractivity contribution in [3.63, 3.8) is 0 Å². The number of methoxy groups -OCH3 is 2. The molecule has 7 nitrogen and oxygen atoms in total. The lowest BCUT2D eigenvalue weighted by molar-refractivity contribution is -0.141. The highest BCUT2D eigenvalue weighted by molar-refractivity contribution is 5.73. The van der Waals surface area contributed by atoms with Crippen LogP contribution in [0.15, 0.2) is 0 Å². The van der Waals surface area contributed by atoms with Crippen molar-refractivity contribution in [1.29, 1.82) is 0 Å². The van der Waals surface area contributed by atoms with Crippen LogP contribution in [0, 0.1) is 5.92 Å². The van der Waals surface area contributed by atoms with Crippen molar-refractivity contribution in [2.45, 2.75) is 103 Å². The number of ether oxygens (including phenoxy) is 2. The van der Waals surface area contributed by atoms with Gasteiger partial charge in [-0.05, 0) is 18.8 Å². The minimum Gasteiger partial charge on any atom is -0.480 e. The molecular weight excluding hydrogens is 374 g/mol. The normalized spacial score (nSPS) is 11.4. The fourth-order valence-electron chi connectivity index (χ4n) is 2.62. The van der Waals surface area contributed by atoms with Crippen molar-refractivity contribution >= 4 is 17.9 Å². The van der Waals surface area contributed by atoms with E-state index in [1.807, 2.05) is 0 Å². The molecule has 0 aromatic carbocycles. The van der Waals surface area contributed by atoms with E-state index in [4.69, 9.17) is 10.8 Å². The summed E-state index contributed by atoms with van der Waals surface area (Å²) in [6.45, 7) is 3.55. The Kier molecular flexibility index (Phi) is 21.5. The average Bonchev–Trinajstić information content (AvgIpc) is 2.70. The Hall–Kier alpha value is -1.63. The van der Waals surface area contributed by atoms with Crippen LogP contribution in [0.1, 0.15) is 97.3 Å². The molecule has 1 atom stereocenters. The molecular formula is C22H43NO6. The molecule has 0 saturated carbocycles. The number of unbranched alkanes of at least 4 members (excludes halogenated alkanes) is 10. The molecule has 0 aromatic heterocycles. The van der Waals surface area contributed by atoms with Crippen LogP contribution in [-0.4, -0.2) is 43.3 Å². The second-order valence-corrected chi connectivity index (χ2v) is 7.65. The third-order valence-electron chi connectivity index (χ3n) is 4.72. The SMILES string of the molecule is CC(C)[C@H](N)C(=O)O.COC(=O)CCCCCCCCCCCCCC(=O)OC. The summed E-state index contributed by atoms with van der Waals surface area (Å²) in [5.74, 6) is -1.10. The number of aliphatic carboxylic acids is 1. The topological polar surface area (TPSA) is 116 Å². The first-order valence-corrected chi connectivity index (χ1v) is 10.9. The lowest BCUT2D eigenvalue weighted by Crippen LogP contribution is -2.34. The van der Waals surface area contributed by atoms with Gasteiger partial charge < -0.3 is 20.3 Å². The zero-order valence-corrected chi connectivity index (χ0v) is 18.9. The van der Waals surface area contributed by atoms with Crippen molar-refractivity contribution in [1.82, 2.24) is 0 Å². The van der Waals surface area contributed by atoms with Gasteiger partial charge in [0, 0.05) is 12.8 Å². The molecule has 0 unspecified atom stereocenters. The van der Waals surface area contributed by atoms with Gasteiger partial charge in [-0.1, -0.05) is 71.6 Å². The maximum Gasteiger partial charge on any atom is 0.320 e. The number of esters is 2. The molecule has 0 aliphatic heterocycles. The summed E-state index contributed by atoms with van der Waals surface area (Å²) in [5.41, 5.74) is 5.16. The monoisotopic (exact) mass is 417 g/mol. The number of carbonyl (C=O) groups excluding carboxylic acids is 2. The standard InChI is InChI=1S/C17H32O4.C5H11NO2/c1-20-16(18)14-12-10-8-6-4-3-5-7-9-11-13-15-17(19)21-2;1-3(2)4(6)5(7)8/h3-15H2,1-2H3;3-4H,6H2,1-2H3,(H,7,8)/t;4-/m.0/s1. The summed E-state index contributed by atoms with van der Waals surface area (Å²) in [4.78, 5) is 31.8. The van der Waals surface area contributed by atoms with Crippen molar-refractivity contribution in [3.8, 4) is 0 Å². The summed E-state index contributed by atoms with van der Waals surface area (Å²) in [5, 5.41) is 8.23. The Morgan fingerprint density at radius 2 is 0.966 bits per heavy atom. The van der Waals surface area contributed by atoms with Gasteiger partial charge in [0.25, 0.3) is 0 Å².